The molecule has 0 saturated heterocycles. The van der Waals surface area contributed by atoms with Gasteiger partial charge in [0, 0.05) is 31.3 Å². The third-order valence-corrected chi connectivity index (χ3v) is 4.43. The van der Waals surface area contributed by atoms with Gasteiger partial charge in [-0.3, -0.25) is 14.9 Å². The molecule has 2 aromatic carbocycles. The molecule has 1 atom stereocenters. The van der Waals surface area contributed by atoms with Gasteiger partial charge in [-0.05, 0) is 25.1 Å². The summed E-state index contributed by atoms with van der Waals surface area (Å²) < 4.78 is 6.04. The van der Waals surface area contributed by atoms with Gasteiger partial charge in [0.25, 0.3) is 11.6 Å². The van der Waals surface area contributed by atoms with Gasteiger partial charge >= 0.3 is 0 Å². The lowest BCUT2D eigenvalue weighted by atomic mass is 10.1. The van der Waals surface area contributed by atoms with Crippen molar-refractivity contribution < 1.29 is 14.5 Å². The molecule has 0 aliphatic carbocycles. The second kappa shape index (κ2) is 7.43. The molecule has 0 unspecified atom stereocenters. The summed E-state index contributed by atoms with van der Waals surface area (Å²) >= 11 is 0. The van der Waals surface area contributed by atoms with Gasteiger partial charge in [-0.25, -0.2) is 0 Å². The van der Waals surface area contributed by atoms with E-state index >= 15 is 0 Å². The number of amides is 1. The first-order chi connectivity index (χ1) is 12.5. The third-order valence-electron chi connectivity index (χ3n) is 4.43. The molecule has 0 spiro atoms. The molecule has 0 N–H and O–H groups in total. The molecule has 7 nitrogen and oxygen atoms in total. The number of hydrogen-bond donors (Lipinski definition) is 0. The highest BCUT2D eigenvalue weighted by atomic mass is 16.6. The number of anilines is 1. The maximum absolute atomic E-state index is 12.6. The van der Waals surface area contributed by atoms with Crippen molar-refractivity contribution in [2.45, 2.75) is 13.0 Å². The number of carbonyl (C=O) groups is 1. The summed E-state index contributed by atoms with van der Waals surface area (Å²) in [6.45, 7) is 4.00. The van der Waals surface area contributed by atoms with Crippen LogP contribution in [0.3, 0.4) is 0 Å². The quantitative estimate of drug-likeness (QED) is 0.609. The summed E-state index contributed by atoms with van der Waals surface area (Å²) in [5, 5.41) is 10.9. The zero-order chi connectivity index (χ0) is 18.7. The molecular weight excluding hydrogens is 334 g/mol. The van der Waals surface area contributed by atoms with E-state index in [1.165, 1.54) is 18.2 Å². The molecule has 0 saturated carbocycles. The fraction of sp³-hybridized carbons (Fsp3) is 0.316. The van der Waals surface area contributed by atoms with E-state index in [9.17, 15) is 14.9 Å². The molecule has 0 radical (unpaired) electrons. The minimum absolute atomic E-state index is 0.0933. The lowest BCUT2D eigenvalue weighted by Gasteiger charge is -2.37. The van der Waals surface area contributed by atoms with Crippen molar-refractivity contribution in [3.8, 4) is 5.75 Å². The van der Waals surface area contributed by atoms with Gasteiger partial charge in [-0.1, -0.05) is 18.2 Å². The summed E-state index contributed by atoms with van der Waals surface area (Å²) in [5.74, 6) is 0.543. The molecular formula is C19H21N3O4. The molecule has 26 heavy (non-hydrogen) atoms. The zero-order valence-electron chi connectivity index (χ0n) is 14.8. The number of rotatable bonds is 5. The summed E-state index contributed by atoms with van der Waals surface area (Å²) in [6, 6.07) is 13.6. The lowest BCUT2D eigenvalue weighted by Crippen LogP contribution is -2.46. The Morgan fingerprint density at radius 1 is 1.31 bits per heavy atom. The molecule has 0 fully saturated rings. The Morgan fingerprint density at radius 3 is 2.81 bits per heavy atom. The minimum atomic E-state index is -0.503. The van der Waals surface area contributed by atoms with E-state index in [0.29, 0.717) is 18.7 Å². The Bertz CT molecular complexity index is 824. The van der Waals surface area contributed by atoms with Gasteiger partial charge in [-0.2, -0.15) is 0 Å². The molecule has 1 aliphatic heterocycles. The normalized spacial score (nSPS) is 15.8. The van der Waals surface area contributed by atoms with Crippen LogP contribution in [0.1, 0.15) is 17.3 Å². The third kappa shape index (κ3) is 3.61. The molecule has 1 aliphatic rings. The van der Waals surface area contributed by atoms with E-state index in [0.717, 1.165) is 18.0 Å². The highest BCUT2D eigenvalue weighted by Crippen LogP contribution is 2.32. The first kappa shape index (κ1) is 17.7. The average Bonchev–Trinajstić information content (AvgIpc) is 2.66. The van der Waals surface area contributed by atoms with Crippen LogP contribution in [-0.2, 0) is 0 Å². The van der Waals surface area contributed by atoms with Crippen LogP contribution >= 0.6 is 0 Å². The van der Waals surface area contributed by atoms with Gasteiger partial charge in [0.15, 0.2) is 0 Å². The number of benzene rings is 2. The molecule has 0 aromatic heterocycles. The van der Waals surface area contributed by atoms with Crippen molar-refractivity contribution in [1.82, 2.24) is 4.90 Å². The van der Waals surface area contributed by atoms with Gasteiger partial charge in [0.2, 0.25) is 0 Å². The zero-order valence-corrected chi connectivity index (χ0v) is 14.8. The highest BCUT2D eigenvalue weighted by molar-refractivity contribution is 5.94. The van der Waals surface area contributed by atoms with Crippen molar-refractivity contribution in [3.63, 3.8) is 0 Å². The number of ether oxygens (including phenoxy) is 1. The Kier molecular flexibility index (Phi) is 5.06. The minimum Gasteiger partial charge on any atom is -0.485 e. The number of para-hydroxylation sites is 2. The molecule has 3 rings (SSSR count). The van der Waals surface area contributed by atoms with Crippen LogP contribution < -0.4 is 9.64 Å². The van der Waals surface area contributed by atoms with Crippen molar-refractivity contribution in [2.24, 2.45) is 0 Å². The van der Waals surface area contributed by atoms with Gasteiger partial charge in [0.1, 0.15) is 11.9 Å². The monoisotopic (exact) mass is 355 g/mol. The first-order valence-corrected chi connectivity index (χ1v) is 8.50. The van der Waals surface area contributed by atoms with E-state index in [-0.39, 0.29) is 17.7 Å². The Labute approximate surface area is 151 Å². The summed E-state index contributed by atoms with van der Waals surface area (Å²) in [5.41, 5.74) is 1.26. The number of likely N-dealkylation sites (N-methyl/N-ethyl adjacent to an activating group) is 2. The van der Waals surface area contributed by atoms with Gasteiger partial charge < -0.3 is 14.5 Å². The number of nitro groups is 1. The number of carbonyl (C=O) groups excluding carboxylic acids is 1. The van der Waals surface area contributed by atoms with Gasteiger partial charge in [-0.15, -0.1) is 0 Å². The number of nitro benzene ring substituents is 1. The molecule has 2 aromatic rings. The fourth-order valence-corrected chi connectivity index (χ4v) is 3.13. The molecule has 0 bridgehead atoms. The number of hydrogen-bond acceptors (Lipinski definition) is 5. The molecule has 1 heterocycles. The number of non-ortho nitro benzene ring substituents is 1. The largest absolute Gasteiger partial charge is 0.485 e. The maximum atomic E-state index is 12.6. The average molecular weight is 355 g/mol. The summed E-state index contributed by atoms with van der Waals surface area (Å²) in [4.78, 5) is 26.8. The predicted molar refractivity (Wildman–Crippen MR) is 98.8 cm³/mol. The molecule has 136 valence electrons. The standard InChI is InChI=1S/C19H21N3O4/c1-3-21-13-16(26-18-10-5-4-9-17(18)21)12-20(2)19(23)14-7-6-8-15(11-14)22(24)25/h4-11,16H,3,12-13H2,1-2H3/t16-/m0/s1. The van der Waals surface area contributed by atoms with Crippen LogP contribution in [0.5, 0.6) is 5.75 Å². The van der Waals surface area contributed by atoms with Crippen molar-refractivity contribution in [1.29, 1.82) is 0 Å². The maximum Gasteiger partial charge on any atom is 0.270 e. The second-order valence-corrected chi connectivity index (χ2v) is 6.24. The number of nitrogens with zero attached hydrogens (tertiary/aromatic N) is 3. The Hall–Kier alpha value is -3.09. The first-order valence-electron chi connectivity index (χ1n) is 8.50. The van der Waals surface area contributed by atoms with Gasteiger partial charge in [0.05, 0.1) is 23.7 Å². The van der Waals surface area contributed by atoms with E-state index in [2.05, 4.69) is 11.8 Å². The van der Waals surface area contributed by atoms with E-state index < -0.39 is 4.92 Å². The smallest absolute Gasteiger partial charge is 0.270 e. The summed E-state index contributed by atoms with van der Waals surface area (Å²) in [7, 11) is 1.68. The van der Waals surface area contributed by atoms with Crippen LogP contribution in [0.15, 0.2) is 48.5 Å². The van der Waals surface area contributed by atoms with Crippen LogP contribution in [0.4, 0.5) is 11.4 Å². The van der Waals surface area contributed by atoms with Crippen molar-refractivity contribution in [2.75, 3.05) is 31.6 Å². The number of fused-ring (bicyclic) bond motifs is 1. The van der Waals surface area contributed by atoms with E-state index in [1.54, 1.807) is 18.0 Å². The lowest BCUT2D eigenvalue weighted by molar-refractivity contribution is -0.384. The van der Waals surface area contributed by atoms with E-state index in [4.69, 9.17) is 4.74 Å². The Morgan fingerprint density at radius 2 is 2.08 bits per heavy atom. The SMILES string of the molecule is CCN1C[C@H](CN(C)C(=O)c2cccc([N+](=O)[O-])c2)Oc2ccccc21. The van der Waals surface area contributed by atoms with Crippen LogP contribution in [0.2, 0.25) is 0 Å². The molecule has 1 amide bonds. The van der Waals surface area contributed by atoms with Crippen LogP contribution in [0, 0.1) is 10.1 Å². The predicted octanol–water partition coefficient (Wildman–Crippen LogP) is 2.95. The topological polar surface area (TPSA) is 75.9 Å². The van der Waals surface area contributed by atoms with Crippen molar-refractivity contribution >= 4 is 17.3 Å². The van der Waals surface area contributed by atoms with Crippen LogP contribution in [-0.4, -0.2) is 48.5 Å². The fourth-order valence-electron chi connectivity index (χ4n) is 3.13. The van der Waals surface area contributed by atoms with Crippen molar-refractivity contribution in [3.05, 3.63) is 64.2 Å². The second-order valence-electron chi connectivity index (χ2n) is 6.24. The summed E-state index contributed by atoms with van der Waals surface area (Å²) in [6.07, 6.45) is -0.169. The van der Waals surface area contributed by atoms with E-state index in [1.807, 2.05) is 24.3 Å². The Balaban J connectivity index is 1.72. The highest BCUT2D eigenvalue weighted by Gasteiger charge is 2.27. The van der Waals surface area contributed by atoms with Crippen LogP contribution in [0.25, 0.3) is 0 Å². The molecule has 7 heteroatoms.